The molecule has 0 saturated heterocycles. The standard InChI is InChI=1S/C9H10N4S/c1-6-12-5-7(14-6)9-11-4-3-8(10-2)13-9/h3-5H,1-2H3,(H,10,11,13). The molecule has 72 valence electrons. The Labute approximate surface area is 86.1 Å². The average Bonchev–Trinajstić information content (AvgIpc) is 2.65. The van der Waals surface area contributed by atoms with Gasteiger partial charge in [-0.1, -0.05) is 0 Å². The minimum absolute atomic E-state index is 0.724. The maximum Gasteiger partial charge on any atom is 0.173 e. The number of nitrogens with one attached hydrogen (secondary N) is 1. The Morgan fingerprint density at radius 2 is 2.21 bits per heavy atom. The first kappa shape index (κ1) is 9.08. The van der Waals surface area contributed by atoms with Crippen LogP contribution in [0.1, 0.15) is 5.01 Å². The van der Waals surface area contributed by atoms with Crippen molar-refractivity contribution in [2.45, 2.75) is 6.92 Å². The van der Waals surface area contributed by atoms with E-state index >= 15 is 0 Å². The lowest BCUT2D eigenvalue weighted by atomic mass is 10.5. The summed E-state index contributed by atoms with van der Waals surface area (Å²) < 4.78 is 0. The van der Waals surface area contributed by atoms with Crippen molar-refractivity contribution in [3.8, 4) is 10.7 Å². The largest absolute Gasteiger partial charge is 0.373 e. The van der Waals surface area contributed by atoms with Crippen LogP contribution in [0.15, 0.2) is 18.5 Å². The molecule has 0 aliphatic rings. The number of anilines is 1. The number of rotatable bonds is 2. The Hall–Kier alpha value is -1.49. The Morgan fingerprint density at radius 1 is 1.36 bits per heavy atom. The molecule has 2 heterocycles. The van der Waals surface area contributed by atoms with Crippen LogP contribution in [0, 0.1) is 6.92 Å². The van der Waals surface area contributed by atoms with Gasteiger partial charge in [0.05, 0.1) is 9.88 Å². The number of hydrogen-bond donors (Lipinski definition) is 1. The molecule has 0 atom stereocenters. The van der Waals surface area contributed by atoms with E-state index in [9.17, 15) is 0 Å². The predicted molar refractivity (Wildman–Crippen MR) is 57.4 cm³/mol. The minimum Gasteiger partial charge on any atom is -0.373 e. The van der Waals surface area contributed by atoms with Crippen molar-refractivity contribution in [3.63, 3.8) is 0 Å². The Morgan fingerprint density at radius 3 is 2.86 bits per heavy atom. The third kappa shape index (κ3) is 1.72. The smallest absolute Gasteiger partial charge is 0.173 e. The van der Waals surface area contributed by atoms with Crippen molar-refractivity contribution in [2.24, 2.45) is 0 Å². The molecule has 4 nitrogen and oxygen atoms in total. The molecule has 5 heteroatoms. The molecule has 0 radical (unpaired) electrons. The van der Waals surface area contributed by atoms with Crippen molar-refractivity contribution in [2.75, 3.05) is 12.4 Å². The lowest BCUT2D eigenvalue weighted by Gasteiger charge is -1.99. The summed E-state index contributed by atoms with van der Waals surface area (Å²) in [6.07, 6.45) is 3.54. The van der Waals surface area contributed by atoms with E-state index in [2.05, 4.69) is 20.3 Å². The Bertz CT molecular complexity index is 438. The van der Waals surface area contributed by atoms with Gasteiger partial charge in [-0.2, -0.15) is 0 Å². The molecule has 2 aromatic heterocycles. The van der Waals surface area contributed by atoms with Gasteiger partial charge < -0.3 is 5.32 Å². The number of aryl methyl sites for hydroxylation is 1. The molecule has 2 aromatic rings. The minimum atomic E-state index is 0.724. The summed E-state index contributed by atoms with van der Waals surface area (Å²) in [6.45, 7) is 1.97. The van der Waals surface area contributed by atoms with Crippen LogP contribution >= 0.6 is 11.3 Å². The molecular formula is C9H10N4S. The zero-order valence-corrected chi connectivity index (χ0v) is 8.80. The first-order chi connectivity index (χ1) is 6.79. The van der Waals surface area contributed by atoms with Crippen molar-refractivity contribution in [1.29, 1.82) is 0 Å². The highest BCUT2D eigenvalue weighted by atomic mass is 32.1. The van der Waals surface area contributed by atoms with Gasteiger partial charge in [0.25, 0.3) is 0 Å². The highest BCUT2D eigenvalue weighted by Crippen LogP contribution is 2.22. The highest BCUT2D eigenvalue weighted by molar-refractivity contribution is 7.14. The normalized spacial score (nSPS) is 10.1. The molecule has 0 aliphatic carbocycles. The maximum atomic E-state index is 4.32. The van der Waals surface area contributed by atoms with E-state index in [1.54, 1.807) is 23.7 Å². The molecule has 14 heavy (non-hydrogen) atoms. The number of thiazole rings is 1. The molecule has 0 spiro atoms. The summed E-state index contributed by atoms with van der Waals surface area (Å²) in [5, 5.41) is 4.00. The molecule has 0 bridgehead atoms. The first-order valence-corrected chi connectivity index (χ1v) is 5.05. The highest BCUT2D eigenvalue weighted by Gasteiger charge is 2.04. The van der Waals surface area contributed by atoms with E-state index < -0.39 is 0 Å². The van der Waals surface area contributed by atoms with E-state index in [4.69, 9.17) is 0 Å². The summed E-state index contributed by atoms with van der Waals surface area (Å²) in [5.74, 6) is 1.54. The number of hydrogen-bond acceptors (Lipinski definition) is 5. The SMILES string of the molecule is CNc1ccnc(-c2cnc(C)s2)n1. The second kappa shape index (κ2) is 3.71. The van der Waals surface area contributed by atoms with Gasteiger partial charge in [0, 0.05) is 19.4 Å². The van der Waals surface area contributed by atoms with Crippen LogP contribution in [0.2, 0.25) is 0 Å². The van der Waals surface area contributed by atoms with Gasteiger partial charge in [-0.15, -0.1) is 11.3 Å². The van der Waals surface area contributed by atoms with Crippen molar-refractivity contribution < 1.29 is 0 Å². The summed E-state index contributed by atoms with van der Waals surface area (Å²) in [5.41, 5.74) is 0. The fraction of sp³-hybridized carbons (Fsp3) is 0.222. The van der Waals surface area contributed by atoms with Crippen LogP contribution in [-0.4, -0.2) is 22.0 Å². The van der Waals surface area contributed by atoms with E-state index in [0.717, 1.165) is 21.5 Å². The molecule has 0 fully saturated rings. The summed E-state index contributed by atoms with van der Waals surface area (Å²) in [6, 6.07) is 1.83. The Kier molecular flexibility index (Phi) is 2.41. The predicted octanol–water partition coefficient (Wildman–Crippen LogP) is 1.95. The van der Waals surface area contributed by atoms with E-state index in [-0.39, 0.29) is 0 Å². The summed E-state index contributed by atoms with van der Waals surface area (Å²) in [7, 11) is 1.84. The fourth-order valence-corrected chi connectivity index (χ4v) is 1.80. The molecule has 1 N–H and O–H groups in total. The van der Waals surface area contributed by atoms with Crippen LogP contribution in [0.25, 0.3) is 10.7 Å². The monoisotopic (exact) mass is 206 g/mol. The number of aromatic nitrogens is 3. The van der Waals surface area contributed by atoms with Crippen LogP contribution in [0.5, 0.6) is 0 Å². The summed E-state index contributed by atoms with van der Waals surface area (Å²) in [4.78, 5) is 13.7. The van der Waals surface area contributed by atoms with Crippen molar-refractivity contribution in [3.05, 3.63) is 23.5 Å². The van der Waals surface area contributed by atoms with Crippen molar-refractivity contribution >= 4 is 17.2 Å². The molecular weight excluding hydrogens is 196 g/mol. The lowest BCUT2D eigenvalue weighted by molar-refractivity contribution is 1.17. The van der Waals surface area contributed by atoms with Gasteiger partial charge >= 0.3 is 0 Å². The van der Waals surface area contributed by atoms with Gasteiger partial charge in [0.15, 0.2) is 5.82 Å². The molecule has 0 aromatic carbocycles. The topological polar surface area (TPSA) is 50.7 Å². The van der Waals surface area contributed by atoms with E-state index in [1.165, 1.54) is 0 Å². The van der Waals surface area contributed by atoms with Gasteiger partial charge in [-0.3, -0.25) is 0 Å². The molecule has 0 unspecified atom stereocenters. The number of nitrogens with zero attached hydrogens (tertiary/aromatic N) is 3. The van der Waals surface area contributed by atoms with E-state index in [1.807, 2.05) is 20.0 Å². The lowest BCUT2D eigenvalue weighted by Crippen LogP contribution is -1.94. The summed E-state index contributed by atoms with van der Waals surface area (Å²) >= 11 is 1.60. The van der Waals surface area contributed by atoms with Crippen LogP contribution in [0.3, 0.4) is 0 Å². The van der Waals surface area contributed by atoms with Crippen LogP contribution in [-0.2, 0) is 0 Å². The van der Waals surface area contributed by atoms with Gasteiger partial charge in [0.1, 0.15) is 5.82 Å². The van der Waals surface area contributed by atoms with Crippen LogP contribution < -0.4 is 5.32 Å². The molecule has 0 saturated carbocycles. The zero-order valence-electron chi connectivity index (χ0n) is 7.98. The van der Waals surface area contributed by atoms with Gasteiger partial charge in [0.2, 0.25) is 0 Å². The fourth-order valence-electron chi connectivity index (χ4n) is 1.08. The third-order valence-corrected chi connectivity index (χ3v) is 2.66. The maximum absolute atomic E-state index is 4.32. The molecule has 2 rings (SSSR count). The first-order valence-electron chi connectivity index (χ1n) is 4.23. The second-order valence-corrected chi connectivity index (χ2v) is 3.99. The van der Waals surface area contributed by atoms with Gasteiger partial charge in [-0.05, 0) is 13.0 Å². The van der Waals surface area contributed by atoms with E-state index in [0.29, 0.717) is 0 Å². The second-order valence-electron chi connectivity index (χ2n) is 2.76. The molecule has 0 aliphatic heterocycles. The average molecular weight is 206 g/mol. The van der Waals surface area contributed by atoms with Crippen molar-refractivity contribution in [1.82, 2.24) is 15.0 Å². The molecule has 0 amide bonds. The zero-order chi connectivity index (χ0) is 9.97. The van der Waals surface area contributed by atoms with Crippen LogP contribution in [0.4, 0.5) is 5.82 Å². The third-order valence-electron chi connectivity index (χ3n) is 1.75. The quantitative estimate of drug-likeness (QED) is 0.816. The van der Waals surface area contributed by atoms with Gasteiger partial charge in [-0.25, -0.2) is 15.0 Å². The Balaban J connectivity index is 2.41.